The number of halogens is 1. The molecular formula is C16H19FN6O3. The first kappa shape index (κ1) is 17.8. The Balaban J connectivity index is 1.99. The summed E-state index contributed by atoms with van der Waals surface area (Å²) >= 11 is 0. The molecule has 0 spiro atoms. The number of hydrogen-bond acceptors (Lipinski definition) is 8. The zero-order valence-corrected chi connectivity index (χ0v) is 14.3. The van der Waals surface area contributed by atoms with Crippen LogP contribution >= 0.6 is 0 Å². The highest BCUT2D eigenvalue weighted by Gasteiger charge is 2.29. The molecule has 0 radical (unpaired) electrons. The Morgan fingerprint density at radius 1 is 1.27 bits per heavy atom. The Labute approximate surface area is 149 Å². The fourth-order valence-corrected chi connectivity index (χ4v) is 2.88. The van der Waals surface area contributed by atoms with Crippen LogP contribution in [0.2, 0.25) is 0 Å². The normalized spacial score (nSPS) is 20.0. The lowest BCUT2D eigenvalue weighted by Gasteiger charge is -2.35. The number of morpholine rings is 1. The Kier molecular flexibility index (Phi) is 4.85. The quantitative estimate of drug-likeness (QED) is 0.629. The summed E-state index contributed by atoms with van der Waals surface area (Å²) < 4.78 is 18.8. The molecule has 1 aromatic carbocycles. The van der Waals surface area contributed by atoms with E-state index in [9.17, 15) is 14.5 Å². The van der Waals surface area contributed by atoms with Gasteiger partial charge in [-0.1, -0.05) is 0 Å². The van der Waals surface area contributed by atoms with Gasteiger partial charge in [0.15, 0.2) is 0 Å². The van der Waals surface area contributed by atoms with E-state index >= 15 is 0 Å². The highest BCUT2D eigenvalue weighted by Crippen LogP contribution is 2.32. The first-order valence-corrected chi connectivity index (χ1v) is 8.08. The molecule has 1 aliphatic heterocycles. The minimum absolute atomic E-state index is 0.0349. The lowest BCUT2D eigenvalue weighted by Crippen LogP contribution is -2.46. The van der Waals surface area contributed by atoms with Crippen LogP contribution in [0.1, 0.15) is 13.8 Å². The van der Waals surface area contributed by atoms with E-state index in [-0.39, 0.29) is 29.8 Å². The van der Waals surface area contributed by atoms with Gasteiger partial charge >= 0.3 is 5.69 Å². The van der Waals surface area contributed by atoms with Crippen molar-refractivity contribution in [1.29, 1.82) is 0 Å². The number of nitro groups is 1. The summed E-state index contributed by atoms with van der Waals surface area (Å²) in [4.78, 5) is 21.0. The van der Waals surface area contributed by atoms with E-state index in [4.69, 9.17) is 10.5 Å². The molecule has 2 heterocycles. The van der Waals surface area contributed by atoms with Crippen LogP contribution < -0.4 is 16.0 Å². The van der Waals surface area contributed by atoms with Gasteiger partial charge in [0.2, 0.25) is 17.6 Å². The summed E-state index contributed by atoms with van der Waals surface area (Å²) in [5, 5.41) is 14.2. The number of nitrogens with one attached hydrogen (secondary N) is 1. The van der Waals surface area contributed by atoms with Crippen LogP contribution in [0.15, 0.2) is 24.3 Å². The van der Waals surface area contributed by atoms with E-state index in [2.05, 4.69) is 15.3 Å². The standard InChI is InChI=1S/C16H19FN6O3/c1-9-7-22(8-10(2)26-9)16-20-14(18)13(23(24)25)15(21-16)19-12-5-3-11(17)4-6-12/h3-6,9-10H,7-8H2,1-2H3,(H3,18,19,20,21)/t9-,10+. The molecule has 10 heteroatoms. The first-order chi connectivity index (χ1) is 12.3. The average molecular weight is 362 g/mol. The second-order valence-corrected chi connectivity index (χ2v) is 6.16. The number of rotatable bonds is 4. The van der Waals surface area contributed by atoms with E-state index in [0.717, 1.165) is 0 Å². The van der Waals surface area contributed by atoms with Gasteiger partial charge in [-0.3, -0.25) is 10.1 Å². The summed E-state index contributed by atoms with van der Waals surface area (Å²) in [6, 6.07) is 5.39. The zero-order valence-electron chi connectivity index (χ0n) is 14.3. The van der Waals surface area contributed by atoms with Crippen molar-refractivity contribution in [3.8, 4) is 0 Å². The summed E-state index contributed by atoms with van der Waals surface area (Å²) in [5.74, 6) is -0.420. The Bertz CT molecular complexity index is 806. The van der Waals surface area contributed by atoms with Gasteiger partial charge < -0.3 is 20.7 Å². The van der Waals surface area contributed by atoms with Crippen molar-refractivity contribution < 1.29 is 14.1 Å². The highest BCUT2D eigenvalue weighted by atomic mass is 19.1. The van der Waals surface area contributed by atoms with Crippen molar-refractivity contribution in [3.63, 3.8) is 0 Å². The largest absolute Gasteiger partial charge is 0.378 e. The van der Waals surface area contributed by atoms with Crippen molar-refractivity contribution >= 4 is 29.0 Å². The Hall–Kier alpha value is -3.01. The number of nitrogens with zero attached hydrogens (tertiary/aromatic N) is 4. The maximum Gasteiger partial charge on any atom is 0.353 e. The van der Waals surface area contributed by atoms with Gasteiger partial charge in [-0.2, -0.15) is 9.97 Å². The van der Waals surface area contributed by atoms with E-state index in [1.165, 1.54) is 24.3 Å². The number of ether oxygens (including phenoxy) is 1. The van der Waals surface area contributed by atoms with Gasteiger partial charge in [-0.25, -0.2) is 4.39 Å². The van der Waals surface area contributed by atoms with Crippen LogP contribution in [-0.2, 0) is 4.74 Å². The van der Waals surface area contributed by atoms with E-state index in [1.807, 2.05) is 18.7 Å². The maximum absolute atomic E-state index is 13.1. The molecule has 138 valence electrons. The maximum atomic E-state index is 13.1. The molecule has 3 N–H and O–H groups in total. The van der Waals surface area contributed by atoms with E-state index in [1.54, 1.807) is 0 Å². The lowest BCUT2D eigenvalue weighted by atomic mass is 10.2. The van der Waals surface area contributed by atoms with Crippen LogP contribution in [0.25, 0.3) is 0 Å². The van der Waals surface area contributed by atoms with Crippen LogP contribution in [0, 0.1) is 15.9 Å². The van der Waals surface area contributed by atoms with Gasteiger partial charge in [-0.15, -0.1) is 0 Å². The summed E-state index contributed by atoms with van der Waals surface area (Å²) in [5.41, 5.74) is 5.85. The number of hydrogen-bond donors (Lipinski definition) is 2. The third-order valence-corrected chi connectivity index (χ3v) is 3.89. The van der Waals surface area contributed by atoms with Crippen LogP contribution in [0.5, 0.6) is 0 Å². The molecule has 0 unspecified atom stereocenters. The van der Waals surface area contributed by atoms with Gasteiger partial charge in [0, 0.05) is 18.8 Å². The first-order valence-electron chi connectivity index (χ1n) is 8.08. The molecule has 1 aromatic heterocycles. The van der Waals surface area contributed by atoms with Crippen molar-refractivity contribution in [3.05, 3.63) is 40.2 Å². The Morgan fingerprint density at radius 3 is 2.46 bits per heavy atom. The molecule has 0 saturated carbocycles. The summed E-state index contributed by atoms with van der Waals surface area (Å²) in [7, 11) is 0. The van der Waals surface area contributed by atoms with Crippen molar-refractivity contribution in [2.24, 2.45) is 0 Å². The third-order valence-electron chi connectivity index (χ3n) is 3.89. The molecule has 1 saturated heterocycles. The molecule has 2 atom stereocenters. The predicted octanol–water partition coefficient (Wildman–Crippen LogP) is 2.46. The molecule has 1 fully saturated rings. The number of aromatic nitrogens is 2. The molecular weight excluding hydrogens is 343 g/mol. The van der Waals surface area contributed by atoms with Crippen LogP contribution in [0.4, 0.5) is 33.3 Å². The average Bonchev–Trinajstić information content (AvgIpc) is 2.55. The zero-order chi connectivity index (χ0) is 18.8. The van der Waals surface area contributed by atoms with Crippen molar-refractivity contribution in [1.82, 2.24) is 9.97 Å². The summed E-state index contributed by atoms with van der Waals surface area (Å²) in [6.45, 7) is 4.93. The van der Waals surface area contributed by atoms with E-state index < -0.39 is 16.4 Å². The third kappa shape index (κ3) is 3.80. The fourth-order valence-electron chi connectivity index (χ4n) is 2.88. The fraction of sp³-hybridized carbons (Fsp3) is 0.375. The molecule has 26 heavy (non-hydrogen) atoms. The van der Waals surface area contributed by atoms with Crippen LogP contribution in [-0.4, -0.2) is 40.2 Å². The number of nitrogens with two attached hydrogens (primary N) is 1. The second kappa shape index (κ2) is 7.08. The van der Waals surface area contributed by atoms with Crippen molar-refractivity contribution in [2.75, 3.05) is 29.0 Å². The minimum atomic E-state index is -0.643. The SMILES string of the molecule is C[C@@H]1CN(c2nc(N)c([N+](=O)[O-])c(Nc3ccc(F)cc3)n2)C[C@H](C)O1. The molecule has 0 aliphatic carbocycles. The molecule has 1 aliphatic rings. The van der Waals surface area contributed by atoms with Gasteiger partial charge in [0.1, 0.15) is 5.82 Å². The van der Waals surface area contributed by atoms with Crippen molar-refractivity contribution in [2.45, 2.75) is 26.1 Å². The number of nitrogen functional groups attached to an aromatic ring is 1. The van der Waals surface area contributed by atoms with Crippen LogP contribution in [0.3, 0.4) is 0 Å². The molecule has 0 amide bonds. The molecule has 9 nitrogen and oxygen atoms in total. The van der Waals surface area contributed by atoms with E-state index in [0.29, 0.717) is 18.8 Å². The Morgan fingerprint density at radius 2 is 1.88 bits per heavy atom. The van der Waals surface area contributed by atoms with Gasteiger partial charge in [-0.05, 0) is 38.1 Å². The molecule has 0 bridgehead atoms. The number of benzene rings is 1. The van der Waals surface area contributed by atoms with Gasteiger partial charge in [0.25, 0.3) is 0 Å². The minimum Gasteiger partial charge on any atom is -0.378 e. The number of anilines is 4. The monoisotopic (exact) mass is 362 g/mol. The molecule has 2 aromatic rings. The topological polar surface area (TPSA) is 119 Å². The predicted molar refractivity (Wildman–Crippen MR) is 95.0 cm³/mol. The van der Waals surface area contributed by atoms with Gasteiger partial charge in [0.05, 0.1) is 17.1 Å². The summed E-state index contributed by atoms with van der Waals surface area (Å²) in [6.07, 6.45) is -0.0699. The molecule has 3 rings (SSSR count). The highest BCUT2D eigenvalue weighted by molar-refractivity contribution is 5.74. The smallest absolute Gasteiger partial charge is 0.353 e. The second-order valence-electron chi connectivity index (χ2n) is 6.16. The lowest BCUT2D eigenvalue weighted by molar-refractivity contribution is -0.383.